The Morgan fingerprint density at radius 2 is 2.24 bits per heavy atom. The maximum Gasteiger partial charge on any atom is 0.144 e. The first-order chi connectivity index (χ1) is 8.25. The van der Waals surface area contributed by atoms with Gasteiger partial charge in [0.1, 0.15) is 5.82 Å². The molecule has 1 aromatic heterocycles. The Bertz CT molecular complexity index is 332. The van der Waals surface area contributed by atoms with Crippen molar-refractivity contribution in [1.82, 2.24) is 15.0 Å². The number of nitrogens with one attached hydrogen (secondary N) is 1. The summed E-state index contributed by atoms with van der Waals surface area (Å²) in [6.07, 6.45) is 6.46. The number of aryl methyl sites for hydroxylation is 1. The monoisotopic (exact) mass is 239 g/mol. The van der Waals surface area contributed by atoms with Crippen molar-refractivity contribution in [2.75, 3.05) is 18.5 Å². The number of anilines is 1. The van der Waals surface area contributed by atoms with Crippen molar-refractivity contribution in [3.05, 3.63) is 6.20 Å². The molecule has 1 fully saturated rings. The molecule has 0 spiro atoms. The van der Waals surface area contributed by atoms with Gasteiger partial charge in [0, 0.05) is 19.6 Å². The average Bonchev–Trinajstić information content (AvgIpc) is 2.73. The molecule has 1 aliphatic rings. The predicted octanol–water partition coefficient (Wildman–Crippen LogP) is 0.513. The van der Waals surface area contributed by atoms with Crippen LogP contribution in [0.25, 0.3) is 0 Å². The molecule has 0 saturated heterocycles. The van der Waals surface area contributed by atoms with Gasteiger partial charge < -0.3 is 15.8 Å². The summed E-state index contributed by atoms with van der Waals surface area (Å²) in [6, 6.07) is 0.383. The van der Waals surface area contributed by atoms with Gasteiger partial charge in [-0.25, -0.2) is 4.68 Å². The fourth-order valence-corrected chi connectivity index (χ4v) is 2.11. The summed E-state index contributed by atoms with van der Waals surface area (Å²) >= 11 is 0. The van der Waals surface area contributed by atoms with Crippen molar-refractivity contribution in [2.45, 2.75) is 37.8 Å². The van der Waals surface area contributed by atoms with Crippen LogP contribution in [-0.2, 0) is 11.8 Å². The second-order valence-electron chi connectivity index (χ2n) is 4.58. The molecular formula is C11H21N5O. The Morgan fingerprint density at radius 1 is 1.47 bits per heavy atom. The van der Waals surface area contributed by atoms with E-state index >= 15 is 0 Å². The van der Waals surface area contributed by atoms with Gasteiger partial charge in [-0.15, -0.1) is 5.10 Å². The van der Waals surface area contributed by atoms with E-state index in [1.165, 1.54) is 0 Å². The fourth-order valence-electron chi connectivity index (χ4n) is 2.11. The highest BCUT2D eigenvalue weighted by Crippen LogP contribution is 2.19. The van der Waals surface area contributed by atoms with Crippen LogP contribution >= 0.6 is 0 Å². The van der Waals surface area contributed by atoms with Crippen molar-refractivity contribution >= 4 is 5.82 Å². The second-order valence-corrected chi connectivity index (χ2v) is 4.58. The molecule has 1 saturated carbocycles. The molecule has 2 rings (SSSR count). The van der Waals surface area contributed by atoms with Crippen molar-refractivity contribution in [3.8, 4) is 0 Å². The Morgan fingerprint density at radius 3 is 2.88 bits per heavy atom. The third kappa shape index (κ3) is 3.67. The molecule has 3 N–H and O–H groups in total. The number of hydrogen-bond donors (Lipinski definition) is 2. The molecule has 0 amide bonds. The van der Waals surface area contributed by atoms with E-state index in [0.29, 0.717) is 18.8 Å². The van der Waals surface area contributed by atoms with E-state index in [1.807, 2.05) is 7.05 Å². The van der Waals surface area contributed by atoms with Crippen LogP contribution in [0.5, 0.6) is 0 Å². The third-order valence-corrected chi connectivity index (χ3v) is 3.20. The highest BCUT2D eigenvalue weighted by Gasteiger charge is 2.18. The SMILES string of the molecule is Cn1nncc1NCCOC1CCC(N)CC1. The molecule has 17 heavy (non-hydrogen) atoms. The van der Waals surface area contributed by atoms with Crippen LogP contribution in [0.1, 0.15) is 25.7 Å². The molecule has 0 unspecified atom stereocenters. The van der Waals surface area contributed by atoms with Crippen LogP contribution in [0.15, 0.2) is 6.20 Å². The van der Waals surface area contributed by atoms with Gasteiger partial charge in [-0.2, -0.15) is 0 Å². The summed E-state index contributed by atoms with van der Waals surface area (Å²) < 4.78 is 7.51. The summed E-state index contributed by atoms with van der Waals surface area (Å²) in [5, 5.41) is 10.9. The zero-order chi connectivity index (χ0) is 12.1. The molecule has 6 heteroatoms. The zero-order valence-corrected chi connectivity index (χ0v) is 10.3. The number of nitrogens with zero attached hydrogens (tertiary/aromatic N) is 3. The molecule has 0 aliphatic heterocycles. The molecule has 0 bridgehead atoms. The third-order valence-electron chi connectivity index (χ3n) is 3.20. The van der Waals surface area contributed by atoms with Gasteiger partial charge in [0.25, 0.3) is 0 Å². The maximum atomic E-state index is 5.85. The van der Waals surface area contributed by atoms with E-state index in [0.717, 1.165) is 38.0 Å². The Hall–Kier alpha value is -1.14. The number of hydrogen-bond acceptors (Lipinski definition) is 5. The molecule has 1 heterocycles. The van der Waals surface area contributed by atoms with Gasteiger partial charge in [0.2, 0.25) is 0 Å². The molecule has 1 aromatic rings. The average molecular weight is 239 g/mol. The quantitative estimate of drug-likeness (QED) is 0.732. The first-order valence-electron chi connectivity index (χ1n) is 6.21. The summed E-state index contributed by atoms with van der Waals surface area (Å²) in [4.78, 5) is 0. The van der Waals surface area contributed by atoms with E-state index in [-0.39, 0.29) is 0 Å². The van der Waals surface area contributed by atoms with Gasteiger partial charge >= 0.3 is 0 Å². The van der Waals surface area contributed by atoms with Crippen molar-refractivity contribution in [2.24, 2.45) is 12.8 Å². The molecule has 0 aromatic carbocycles. The first-order valence-corrected chi connectivity index (χ1v) is 6.21. The van der Waals surface area contributed by atoms with Crippen molar-refractivity contribution < 1.29 is 4.74 Å². The van der Waals surface area contributed by atoms with E-state index in [4.69, 9.17) is 10.5 Å². The minimum absolute atomic E-state index is 0.383. The minimum atomic E-state index is 0.383. The largest absolute Gasteiger partial charge is 0.376 e. The highest BCUT2D eigenvalue weighted by atomic mass is 16.5. The van der Waals surface area contributed by atoms with Crippen LogP contribution in [0.4, 0.5) is 5.82 Å². The van der Waals surface area contributed by atoms with E-state index in [9.17, 15) is 0 Å². The van der Waals surface area contributed by atoms with Gasteiger partial charge in [0.15, 0.2) is 0 Å². The topological polar surface area (TPSA) is 78.0 Å². The lowest BCUT2D eigenvalue weighted by atomic mass is 9.94. The molecule has 0 atom stereocenters. The molecule has 1 aliphatic carbocycles. The summed E-state index contributed by atoms with van der Waals surface area (Å²) in [5.41, 5.74) is 5.85. The standard InChI is InChI=1S/C11H21N5O/c1-16-11(8-14-15-16)13-6-7-17-10-4-2-9(12)3-5-10/h8-10,13H,2-7,12H2,1H3. The van der Waals surface area contributed by atoms with Gasteiger partial charge in [-0.1, -0.05) is 5.21 Å². The van der Waals surface area contributed by atoms with Crippen molar-refractivity contribution in [3.63, 3.8) is 0 Å². The van der Waals surface area contributed by atoms with Crippen LogP contribution in [0, 0.1) is 0 Å². The minimum Gasteiger partial charge on any atom is -0.376 e. The molecular weight excluding hydrogens is 218 g/mol. The number of ether oxygens (including phenoxy) is 1. The van der Waals surface area contributed by atoms with E-state index in [1.54, 1.807) is 10.9 Å². The van der Waals surface area contributed by atoms with Crippen LogP contribution < -0.4 is 11.1 Å². The zero-order valence-electron chi connectivity index (χ0n) is 10.3. The highest BCUT2D eigenvalue weighted by molar-refractivity contribution is 5.30. The van der Waals surface area contributed by atoms with Gasteiger partial charge in [-0.05, 0) is 25.7 Å². The fraction of sp³-hybridized carbons (Fsp3) is 0.818. The lowest BCUT2D eigenvalue weighted by molar-refractivity contribution is 0.0312. The van der Waals surface area contributed by atoms with Crippen LogP contribution in [0.2, 0.25) is 0 Å². The van der Waals surface area contributed by atoms with E-state index < -0.39 is 0 Å². The molecule has 96 valence electrons. The molecule has 6 nitrogen and oxygen atoms in total. The lowest BCUT2D eigenvalue weighted by Crippen LogP contribution is -2.31. The normalized spacial score (nSPS) is 24.8. The van der Waals surface area contributed by atoms with Gasteiger partial charge in [-0.3, -0.25) is 0 Å². The number of aromatic nitrogens is 3. The maximum absolute atomic E-state index is 5.85. The van der Waals surface area contributed by atoms with Crippen LogP contribution in [-0.4, -0.2) is 40.3 Å². The smallest absolute Gasteiger partial charge is 0.144 e. The number of rotatable bonds is 5. The molecule has 0 radical (unpaired) electrons. The lowest BCUT2D eigenvalue weighted by Gasteiger charge is -2.26. The second kappa shape index (κ2) is 5.97. The van der Waals surface area contributed by atoms with Crippen LogP contribution in [0.3, 0.4) is 0 Å². The first kappa shape index (κ1) is 12.3. The Kier molecular flexibility index (Phi) is 4.33. The Labute approximate surface area is 102 Å². The number of nitrogens with two attached hydrogens (primary N) is 1. The summed E-state index contributed by atoms with van der Waals surface area (Å²) in [7, 11) is 1.86. The summed E-state index contributed by atoms with van der Waals surface area (Å²) in [6.45, 7) is 1.49. The predicted molar refractivity (Wildman–Crippen MR) is 65.7 cm³/mol. The summed E-state index contributed by atoms with van der Waals surface area (Å²) in [5.74, 6) is 0.916. The van der Waals surface area contributed by atoms with Crippen molar-refractivity contribution in [1.29, 1.82) is 0 Å². The Balaban J connectivity index is 1.59. The van der Waals surface area contributed by atoms with E-state index in [2.05, 4.69) is 15.6 Å². The van der Waals surface area contributed by atoms with Gasteiger partial charge in [0.05, 0.1) is 18.9 Å².